The highest BCUT2D eigenvalue weighted by Gasteiger charge is 2.20. The number of imidazole rings is 1. The number of rotatable bonds is 11. The maximum absolute atomic E-state index is 12.6. The summed E-state index contributed by atoms with van der Waals surface area (Å²) in [5.41, 5.74) is 2.05. The smallest absolute Gasteiger partial charge is 0.242 e. The second-order valence-electron chi connectivity index (χ2n) is 7.79. The first kappa shape index (κ1) is 25.5. The molecule has 0 aliphatic carbocycles. The molecule has 2 aromatic carbocycles. The van der Waals surface area contributed by atoms with Crippen LogP contribution in [0.2, 0.25) is 0 Å². The first-order chi connectivity index (χ1) is 16.2. The number of aryl methyl sites for hydroxylation is 2. The Morgan fingerprint density at radius 2 is 1.74 bits per heavy atom. The van der Waals surface area contributed by atoms with Crippen molar-refractivity contribution >= 4 is 32.7 Å². The molecule has 0 spiro atoms. The van der Waals surface area contributed by atoms with Crippen LogP contribution in [0.3, 0.4) is 0 Å². The van der Waals surface area contributed by atoms with Gasteiger partial charge in [-0.1, -0.05) is 0 Å². The van der Waals surface area contributed by atoms with Crippen LogP contribution in [0.25, 0.3) is 11.0 Å². The van der Waals surface area contributed by atoms with Gasteiger partial charge in [-0.2, -0.15) is 0 Å². The average molecular weight is 489 g/mol. The number of hydrogen-bond donors (Lipinski definition) is 1. The molecule has 3 aromatic rings. The molecule has 3 rings (SSSR count). The second-order valence-corrected chi connectivity index (χ2v) is 9.94. The van der Waals surface area contributed by atoms with Crippen molar-refractivity contribution in [3.63, 3.8) is 0 Å². The summed E-state index contributed by atoms with van der Waals surface area (Å²) in [4.78, 5) is 17.5. The predicted octanol–water partition coefficient (Wildman–Crippen LogP) is 3.68. The third-order valence-corrected chi connectivity index (χ3v) is 7.11. The Labute approximate surface area is 200 Å². The quantitative estimate of drug-likeness (QED) is 0.442. The van der Waals surface area contributed by atoms with E-state index in [1.165, 1.54) is 18.4 Å². The Bertz CT molecular complexity index is 1270. The van der Waals surface area contributed by atoms with Crippen molar-refractivity contribution in [2.45, 2.75) is 45.1 Å². The minimum absolute atomic E-state index is 0.155. The number of hydrogen-bond acceptors (Lipinski definition) is 6. The summed E-state index contributed by atoms with van der Waals surface area (Å²) >= 11 is 0. The summed E-state index contributed by atoms with van der Waals surface area (Å²) in [5, 5.41) is 2.90. The van der Waals surface area contributed by atoms with E-state index in [-0.39, 0.29) is 17.2 Å². The molecule has 0 aliphatic heterocycles. The molecule has 0 bridgehead atoms. The Morgan fingerprint density at radius 3 is 2.38 bits per heavy atom. The normalized spacial score (nSPS) is 11.7. The fourth-order valence-electron chi connectivity index (χ4n) is 3.65. The van der Waals surface area contributed by atoms with Crippen molar-refractivity contribution in [2.24, 2.45) is 0 Å². The topological polar surface area (TPSA) is 103 Å². The molecular weight excluding hydrogens is 456 g/mol. The molecule has 1 amide bonds. The van der Waals surface area contributed by atoms with Gasteiger partial charge in [0.25, 0.3) is 0 Å². The molecule has 9 nitrogen and oxygen atoms in total. The number of benzene rings is 2. The standard InChI is InChI=1S/C24H32N4O5S/c1-6-28-20-11-10-18(34(30,31)27(4)5)16-19(20)26-23(28)13-14-24(29)25-17-9-12-21(32-7-2)22(15-17)33-8-3/h9-12,15-16H,6-8,13-14H2,1-5H3,(H,25,29). The molecule has 0 saturated carbocycles. The van der Waals surface area contributed by atoms with Crippen LogP contribution in [0.15, 0.2) is 41.3 Å². The zero-order chi connectivity index (χ0) is 24.9. The molecule has 0 unspecified atom stereocenters. The van der Waals surface area contributed by atoms with Crippen LogP contribution in [0.4, 0.5) is 5.69 Å². The van der Waals surface area contributed by atoms with Crippen LogP contribution in [0.5, 0.6) is 11.5 Å². The fraction of sp³-hybridized carbons (Fsp3) is 0.417. The molecule has 10 heteroatoms. The van der Waals surface area contributed by atoms with Crippen LogP contribution in [0, 0.1) is 0 Å². The molecule has 184 valence electrons. The van der Waals surface area contributed by atoms with Gasteiger partial charge in [0.05, 0.1) is 29.1 Å². The molecule has 0 radical (unpaired) electrons. The van der Waals surface area contributed by atoms with Crippen LogP contribution >= 0.6 is 0 Å². The number of nitrogens with one attached hydrogen (secondary N) is 1. The number of amides is 1. The lowest BCUT2D eigenvalue weighted by Gasteiger charge is -2.13. The maximum atomic E-state index is 12.6. The number of aromatic nitrogens is 2. The van der Waals surface area contributed by atoms with Crippen molar-refractivity contribution in [3.05, 3.63) is 42.2 Å². The Morgan fingerprint density at radius 1 is 1.03 bits per heavy atom. The molecule has 1 aromatic heterocycles. The Kier molecular flexibility index (Phi) is 8.16. The van der Waals surface area contributed by atoms with Crippen molar-refractivity contribution < 1.29 is 22.7 Å². The lowest BCUT2D eigenvalue weighted by Crippen LogP contribution is -2.22. The van der Waals surface area contributed by atoms with Crippen molar-refractivity contribution in [3.8, 4) is 11.5 Å². The van der Waals surface area contributed by atoms with Crippen LogP contribution in [0.1, 0.15) is 33.0 Å². The largest absolute Gasteiger partial charge is 0.490 e. The van der Waals surface area contributed by atoms with E-state index in [4.69, 9.17) is 9.47 Å². The third-order valence-electron chi connectivity index (χ3n) is 5.30. The zero-order valence-corrected chi connectivity index (χ0v) is 21.1. The summed E-state index contributed by atoms with van der Waals surface area (Å²) < 4.78 is 39.3. The number of nitrogens with zero attached hydrogens (tertiary/aromatic N) is 3. The van der Waals surface area contributed by atoms with Gasteiger partial charge in [0.1, 0.15) is 5.82 Å². The lowest BCUT2D eigenvalue weighted by molar-refractivity contribution is -0.116. The minimum atomic E-state index is -3.55. The van der Waals surface area contributed by atoms with Gasteiger partial charge < -0.3 is 19.4 Å². The molecule has 1 heterocycles. The Hall–Kier alpha value is -3.11. The van der Waals surface area contributed by atoms with E-state index < -0.39 is 10.0 Å². The van der Waals surface area contributed by atoms with Crippen LogP contribution in [-0.2, 0) is 27.8 Å². The van der Waals surface area contributed by atoms with E-state index in [1.54, 1.807) is 36.4 Å². The third kappa shape index (κ3) is 5.51. The van der Waals surface area contributed by atoms with Gasteiger partial charge in [0, 0.05) is 45.2 Å². The molecule has 0 fully saturated rings. The van der Waals surface area contributed by atoms with Crippen LogP contribution in [-0.4, -0.2) is 55.5 Å². The highest BCUT2D eigenvalue weighted by molar-refractivity contribution is 7.89. The molecule has 1 N–H and O–H groups in total. The first-order valence-electron chi connectivity index (χ1n) is 11.3. The van der Waals surface area contributed by atoms with E-state index in [9.17, 15) is 13.2 Å². The SMILES string of the molecule is CCOc1ccc(NC(=O)CCc2nc3cc(S(=O)(=O)N(C)C)ccc3n2CC)cc1OCC. The van der Waals surface area contributed by atoms with Gasteiger partial charge in [-0.15, -0.1) is 0 Å². The lowest BCUT2D eigenvalue weighted by atomic mass is 10.2. The van der Waals surface area contributed by atoms with Gasteiger partial charge in [0.15, 0.2) is 11.5 Å². The fourth-order valence-corrected chi connectivity index (χ4v) is 4.57. The van der Waals surface area contributed by atoms with Gasteiger partial charge in [-0.05, 0) is 51.1 Å². The van der Waals surface area contributed by atoms with Crippen molar-refractivity contribution in [1.82, 2.24) is 13.9 Å². The molecule has 34 heavy (non-hydrogen) atoms. The monoisotopic (exact) mass is 488 g/mol. The van der Waals surface area contributed by atoms with Gasteiger partial charge in [0.2, 0.25) is 15.9 Å². The summed E-state index contributed by atoms with van der Waals surface area (Å²) in [6.45, 7) is 7.44. The molecule has 0 atom stereocenters. The zero-order valence-electron chi connectivity index (χ0n) is 20.3. The average Bonchev–Trinajstić information content (AvgIpc) is 3.16. The molecule has 0 saturated heterocycles. The van der Waals surface area contributed by atoms with Crippen LogP contribution < -0.4 is 14.8 Å². The first-order valence-corrected chi connectivity index (χ1v) is 12.8. The number of sulfonamides is 1. The number of carbonyl (C=O) groups is 1. The van der Waals surface area contributed by atoms with E-state index in [0.29, 0.717) is 48.9 Å². The van der Waals surface area contributed by atoms with Gasteiger partial charge in [-0.3, -0.25) is 4.79 Å². The summed E-state index contributed by atoms with van der Waals surface area (Å²) in [7, 11) is -0.561. The van der Waals surface area contributed by atoms with Gasteiger partial charge in [-0.25, -0.2) is 17.7 Å². The number of anilines is 1. The number of carbonyl (C=O) groups excluding carboxylic acids is 1. The highest BCUT2D eigenvalue weighted by atomic mass is 32.2. The van der Waals surface area contributed by atoms with E-state index in [1.807, 2.05) is 25.3 Å². The minimum Gasteiger partial charge on any atom is -0.490 e. The number of fused-ring (bicyclic) bond motifs is 1. The number of ether oxygens (including phenoxy) is 2. The molecule has 0 aliphatic rings. The highest BCUT2D eigenvalue weighted by Crippen LogP contribution is 2.31. The summed E-state index contributed by atoms with van der Waals surface area (Å²) in [5.74, 6) is 1.79. The van der Waals surface area contributed by atoms with Gasteiger partial charge >= 0.3 is 0 Å². The Balaban J connectivity index is 1.75. The maximum Gasteiger partial charge on any atom is 0.242 e. The van der Waals surface area contributed by atoms with Crippen molar-refractivity contribution in [1.29, 1.82) is 0 Å². The van der Waals surface area contributed by atoms with E-state index in [0.717, 1.165) is 11.3 Å². The van der Waals surface area contributed by atoms with E-state index in [2.05, 4.69) is 10.3 Å². The second kappa shape index (κ2) is 10.9. The predicted molar refractivity (Wildman–Crippen MR) is 132 cm³/mol. The summed E-state index contributed by atoms with van der Waals surface area (Å²) in [6, 6.07) is 10.2. The van der Waals surface area contributed by atoms with Crippen molar-refractivity contribution in [2.75, 3.05) is 32.6 Å². The molecular formula is C24H32N4O5S. The summed E-state index contributed by atoms with van der Waals surface area (Å²) in [6.07, 6.45) is 0.642. The van der Waals surface area contributed by atoms with E-state index >= 15 is 0 Å².